The fraction of sp³-hybridized carbons (Fsp3) is 0.0833. The first kappa shape index (κ1) is 21.4. The lowest BCUT2D eigenvalue weighted by atomic mass is 10.1. The molecule has 0 saturated carbocycles. The fourth-order valence-electron chi connectivity index (χ4n) is 2.66. The van der Waals surface area contributed by atoms with E-state index in [2.05, 4.69) is 0 Å². The molecule has 3 aromatic rings. The zero-order valence-corrected chi connectivity index (χ0v) is 16.5. The maximum absolute atomic E-state index is 12.6. The van der Waals surface area contributed by atoms with Crippen molar-refractivity contribution in [2.75, 3.05) is 0 Å². The molecule has 0 saturated heterocycles. The minimum Gasteiger partial charge on any atom is -0.457 e. The van der Waals surface area contributed by atoms with Gasteiger partial charge in [0.15, 0.2) is 0 Å². The quantitative estimate of drug-likeness (QED) is 0.134. The lowest BCUT2D eigenvalue weighted by molar-refractivity contribution is -0.384. The maximum atomic E-state index is 12.6. The molecule has 0 unspecified atom stereocenters. The Morgan fingerprint density at radius 2 is 1.19 bits per heavy atom. The summed E-state index contributed by atoms with van der Waals surface area (Å²) in [5.41, 5.74) is 1.55. The number of carbonyl (C=O) groups is 2. The molecule has 0 aromatic heterocycles. The smallest absolute Gasteiger partial charge is 0.345 e. The van der Waals surface area contributed by atoms with Crippen LogP contribution in [0, 0.1) is 10.1 Å². The summed E-state index contributed by atoms with van der Waals surface area (Å²) in [6.45, 7) is -0.0213. The van der Waals surface area contributed by atoms with Crippen LogP contribution in [0.4, 0.5) is 5.69 Å². The molecule has 7 heteroatoms. The molecule has 0 bridgehead atoms. The fourth-order valence-corrected chi connectivity index (χ4v) is 2.66. The molecular formula is C24H19NO6. The summed E-state index contributed by atoms with van der Waals surface area (Å²) in [7, 11) is 0. The Bertz CT molecular complexity index is 1020. The van der Waals surface area contributed by atoms with Gasteiger partial charge in [0, 0.05) is 12.1 Å². The molecule has 0 aliphatic rings. The van der Waals surface area contributed by atoms with E-state index in [1.807, 2.05) is 36.4 Å². The van der Waals surface area contributed by atoms with E-state index in [4.69, 9.17) is 9.47 Å². The summed E-state index contributed by atoms with van der Waals surface area (Å²) in [5.74, 6) is -1.69. The van der Waals surface area contributed by atoms with Crippen molar-refractivity contribution in [2.24, 2.45) is 0 Å². The zero-order chi connectivity index (χ0) is 22.1. The SMILES string of the molecule is O=C(OCc1ccccc1)C(=Cc1ccc([N+](=O)[O-])cc1)C(=O)OCc1ccccc1. The third-order valence-electron chi connectivity index (χ3n) is 4.28. The number of nitrogens with zero attached hydrogens (tertiary/aromatic N) is 1. The van der Waals surface area contributed by atoms with Gasteiger partial charge in [0.05, 0.1) is 4.92 Å². The Balaban J connectivity index is 1.78. The molecule has 0 fully saturated rings. The summed E-state index contributed by atoms with van der Waals surface area (Å²) < 4.78 is 10.6. The molecule has 0 spiro atoms. The molecule has 31 heavy (non-hydrogen) atoms. The molecule has 3 rings (SSSR count). The first-order valence-corrected chi connectivity index (χ1v) is 9.41. The van der Waals surface area contributed by atoms with E-state index in [1.165, 1.54) is 30.3 Å². The second kappa shape index (κ2) is 10.5. The van der Waals surface area contributed by atoms with Gasteiger partial charge in [-0.3, -0.25) is 10.1 Å². The predicted octanol–water partition coefficient (Wildman–Crippen LogP) is 4.47. The maximum Gasteiger partial charge on any atom is 0.345 e. The van der Waals surface area contributed by atoms with Crippen LogP contribution in [0.2, 0.25) is 0 Å². The Hall–Kier alpha value is -4.26. The molecule has 0 radical (unpaired) electrons. The number of nitro benzene ring substituents is 1. The van der Waals surface area contributed by atoms with Crippen LogP contribution in [-0.4, -0.2) is 16.9 Å². The van der Waals surface area contributed by atoms with Crippen molar-refractivity contribution in [3.63, 3.8) is 0 Å². The van der Waals surface area contributed by atoms with E-state index < -0.39 is 16.9 Å². The van der Waals surface area contributed by atoms with Crippen molar-refractivity contribution in [2.45, 2.75) is 13.2 Å². The van der Waals surface area contributed by atoms with Crippen molar-refractivity contribution in [3.8, 4) is 0 Å². The van der Waals surface area contributed by atoms with Crippen molar-refractivity contribution in [3.05, 3.63) is 117 Å². The zero-order valence-electron chi connectivity index (χ0n) is 16.5. The van der Waals surface area contributed by atoms with Crippen molar-refractivity contribution in [1.29, 1.82) is 0 Å². The Kier molecular flexibility index (Phi) is 7.26. The molecule has 7 nitrogen and oxygen atoms in total. The summed E-state index contributed by atoms with van der Waals surface area (Å²) >= 11 is 0. The van der Waals surface area contributed by atoms with Crippen molar-refractivity contribution >= 4 is 23.7 Å². The monoisotopic (exact) mass is 417 g/mol. The van der Waals surface area contributed by atoms with Gasteiger partial charge in [0.1, 0.15) is 18.8 Å². The summed E-state index contributed by atoms with van der Waals surface area (Å²) in [6.07, 6.45) is 1.30. The van der Waals surface area contributed by atoms with Gasteiger partial charge in [-0.25, -0.2) is 9.59 Å². The molecule has 0 heterocycles. The molecule has 0 amide bonds. The van der Waals surface area contributed by atoms with Gasteiger partial charge in [0.2, 0.25) is 0 Å². The van der Waals surface area contributed by atoms with Gasteiger partial charge in [-0.15, -0.1) is 0 Å². The Labute approximate surface area is 178 Å². The highest BCUT2D eigenvalue weighted by Crippen LogP contribution is 2.17. The summed E-state index contributed by atoms with van der Waals surface area (Å²) in [4.78, 5) is 35.6. The van der Waals surface area contributed by atoms with Crippen molar-refractivity contribution < 1.29 is 24.0 Å². The topological polar surface area (TPSA) is 95.7 Å². The lowest BCUT2D eigenvalue weighted by Gasteiger charge is -2.09. The number of esters is 2. The lowest BCUT2D eigenvalue weighted by Crippen LogP contribution is -2.18. The number of benzene rings is 3. The third kappa shape index (κ3) is 6.37. The van der Waals surface area contributed by atoms with Crippen LogP contribution in [0.15, 0.2) is 90.5 Å². The minimum atomic E-state index is -0.847. The first-order valence-electron chi connectivity index (χ1n) is 9.41. The molecular weight excluding hydrogens is 398 g/mol. The molecule has 3 aromatic carbocycles. The highest BCUT2D eigenvalue weighted by atomic mass is 16.6. The number of hydrogen-bond donors (Lipinski definition) is 0. The standard InChI is InChI=1S/C24H19NO6/c26-23(30-16-19-7-3-1-4-8-19)22(15-18-11-13-21(14-12-18)25(28)29)24(27)31-17-20-9-5-2-6-10-20/h1-15H,16-17H2. The molecule has 0 atom stereocenters. The average molecular weight is 417 g/mol. The van der Waals surface area contributed by atoms with Crippen LogP contribution in [0.1, 0.15) is 16.7 Å². The highest BCUT2D eigenvalue weighted by Gasteiger charge is 2.22. The van der Waals surface area contributed by atoms with E-state index in [0.29, 0.717) is 5.56 Å². The number of nitro groups is 1. The number of non-ortho nitro benzene ring substituents is 1. The van der Waals surface area contributed by atoms with Gasteiger partial charge in [0.25, 0.3) is 5.69 Å². The van der Waals surface area contributed by atoms with E-state index in [1.54, 1.807) is 24.3 Å². The van der Waals surface area contributed by atoms with Gasteiger partial charge in [-0.1, -0.05) is 60.7 Å². The molecule has 156 valence electrons. The van der Waals surface area contributed by atoms with Crippen molar-refractivity contribution in [1.82, 2.24) is 0 Å². The van der Waals surface area contributed by atoms with Crippen LogP contribution < -0.4 is 0 Å². The second-order valence-corrected chi connectivity index (χ2v) is 6.53. The largest absolute Gasteiger partial charge is 0.457 e. The molecule has 0 N–H and O–H groups in total. The number of ether oxygens (including phenoxy) is 2. The van der Waals surface area contributed by atoms with Gasteiger partial charge in [-0.05, 0) is 34.9 Å². The minimum absolute atomic E-state index is 0.0107. The number of rotatable bonds is 8. The Morgan fingerprint density at radius 3 is 1.61 bits per heavy atom. The normalized spacial score (nSPS) is 10.1. The average Bonchev–Trinajstić information content (AvgIpc) is 2.81. The van der Waals surface area contributed by atoms with Crippen LogP contribution in [-0.2, 0) is 32.3 Å². The summed E-state index contributed by atoms with van der Waals surface area (Å²) in [6, 6.07) is 23.5. The number of hydrogen-bond acceptors (Lipinski definition) is 6. The van der Waals surface area contributed by atoms with E-state index in [-0.39, 0.29) is 24.5 Å². The van der Waals surface area contributed by atoms with Gasteiger partial charge < -0.3 is 9.47 Å². The van der Waals surface area contributed by atoms with Crippen LogP contribution >= 0.6 is 0 Å². The second-order valence-electron chi connectivity index (χ2n) is 6.53. The third-order valence-corrected chi connectivity index (χ3v) is 4.28. The predicted molar refractivity (Wildman–Crippen MR) is 114 cm³/mol. The van der Waals surface area contributed by atoms with Gasteiger partial charge >= 0.3 is 11.9 Å². The van der Waals surface area contributed by atoms with Crippen LogP contribution in [0.3, 0.4) is 0 Å². The van der Waals surface area contributed by atoms with E-state index in [0.717, 1.165) is 11.1 Å². The Morgan fingerprint density at radius 1 is 0.742 bits per heavy atom. The van der Waals surface area contributed by atoms with Crippen LogP contribution in [0.5, 0.6) is 0 Å². The molecule has 0 aliphatic carbocycles. The highest BCUT2D eigenvalue weighted by molar-refractivity contribution is 6.17. The number of carbonyl (C=O) groups excluding carboxylic acids is 2. The van der Waals surface area contributed by atoms with Crippen LogP contribution in [0.25, 0.3) is 6.08 Å². The first-order chi connectivity index (χ1) is 15.0. The van der Waals surface area contributed by atoms with E-state index >= 15 is 0 Å². The van der Waals surface area contributed by atoms with Gasteiger partial charge in [-0.2, -0.15) is 0 Å². The van der Waals surface area contributed by atoms with E-state index in [9.17, 15) is 19.7 Å². The summed E-state index contributed by atoms with van der Waals surface area (Å²) in [5, 5.41) is 10.8. The molecule has 0 aliphatic heterocycles.